The first-order valence-corrected chi connectivity index (χ1v) is 6.92. The summed E-state index contributed by atoms with van der Waals surface area (Å²) < 4.78 is 0. The first-order valence-electron chi connectivity index (χ1n) is 6.92. The second kappa shape index (κ2) is 6.10. The lowest BCUT2D eigenvalue weighted by Crippen LogP contribution is -2.31. The summed E-state index contributed by atoms with van der Waals surface area (Å²) >= 11 is 0. The van der Waals surface area contributed by atoms with Gasteiger partial charge in [0.05, 0.1) is 10.6 Å². The van der Waals surface area contributed by atoms with Gasteiger partial charge in [-0.3, -0.25) is 15.1 Å². The maximum atomic E-state index is 11.1. The maximum Gasteiger partial charge on any atom is 0.278 e. The number of pyridine rings is 1. The van der Waals surface area contributed by atoms with Gasteiger partial charge in [0.1, 0.15) is 0 Å². The minimum absolute atomic E-state index is 0.204. The minimum Gasteiger partial charge on any atom is -0.308 e. The number of aryl methyl sites for hydroxylation is 1. The average Bonchev–Trinajstić information content (AvgIpc) is 2.38. The number of nitrogens with one attached hydrogen (secondary N) is 1. The largest absolute Gasteiger partial charge is 0.308 e. The van der Waals surface area contributed by atoms with Gasteiger partial charge in [-0.05, 0) is 26.7 Å². The van der Waals surface area contributed by atoms with Crippen LogP contribution < -0.4 is 5.32 Å². The molecule has 19 heavy (non-hydrogen) atoms. The van der Waals surface area contributed by atoms with E-state index in [1.54, 1.807) is 20.0 Å². The Balaban J connectivity index is 2.08. The lowest BCUT2D eigenvalue weighted by molar-refractivity contribution is -0.386. The highest BCUT2D eigenvalue weighted by atomic mass is 16.6. The summed E-state index contributed by atoms with van der Waals surface area (Å²) in [5.74, 6) is 0. The number of hydrogen-bond acceptors (Lipinski definition) is 4. The van der Waals surface area contributed by atoms with Crippen molar-refractivity contribution >= 4 is 5.69 Å². The summed E-state index contributed by atoms with van der Waals surface area (Å²) in [6.07, 6.45) is 7.88. The van der Waals surface area contributed by atoms with Gasteiger partial charge in [0.15, 0.2) is 0 Å². The molecule has 1 aromatic heterocycles. The van der Waals surface area contributed by atoms with Crippen LogP contribution in [-0.2, 0) is 6.54 Å². The number of hydrogen-bond donors (Lipinski definition) is 1. The number of rotatable bonds is 4. The van der Waals surface area contributed by atoms with E-state index in [9.17, 15) is 10.1 Å². The standard InChI is InChI=1S/C14H21N3O2/c1-10-8-16-13(11(2)14(10)17(18)19)9-15-12-6-4-3-5-7-12/h8,12,15H,3-7,9H2,1-2H3. The molecule has 1 saturated carbocycles. The lowest BCUT2D eigenvalue weighted by Gasteiger charge is -2.23. The molecule has 0 aromatic carbocycles. The van der Waals surface area contributed by atoms with E-state index in [1.807, 2.05) is 0 Å². The predicted molar refractivity (Wildman–Crippen MR) is 74.1 cm³/mol. The Kier molecular flexibility index (Phi) is 4.47. The lowest BCUT2D eigenvalue weighted by atomic mass is 9.95. The summed E-state index contributed by atoms with van der Waals surface area (Å²) in [6, 6.07) is 0.537. The van der Waals surface area contributed by atoms with Crippen LogP contribution in [-0.4, -0.2) is 15.9 Å². The van der Waals surface area contributed by atoms with E-state index in [0.717, 1.165) is 5.69 Å². The molecule has 5 nitrogen and oxygen atoms in total. The third kappa shape index (κ3) is 3.29. The van der Waals surface area contributed by atoms with Crippen molar-refractivity contribution in [2.24, 2.45) is 0 Å². The van der Waals surface area contributed by atoms with Crippen molar-refractivity contribution in [1.29, 1.82) is 0 Å². The number of aromatic nitrogens is 1. The van der Waals surface area contributed by atoms with Gasteiger partial charge in [-0.15, -0.1) is 0 Å². The van der Waals surface area contributed by atoms with Crippen LogP contribution in [0.4, 0.5) is 5.69 Å². The predicted octanol–water partition coefficient (Wildman–Crippen LogP) is 3.03. The molecular weight excluding hydrogens is 242 g/mol. The van der Waals surface area contributed by atoms with Gasteiger partial charge in [0, 0.05) is 29.9 Å². The Morgan fingerprint density at radius 3 is 2.68 bits per heavy atom. The van der Waals surface area contributed by atoms with Crippen molar-refractivity contribution in [1.82, 2.24) is 10.3 Å². The third-order valence-electron chi connectivity index (χ3n) is 3.92. The van der Waals surface area contributed by atoms with Crippen LogP contribution >= 0.6 is 0 Å². The second-order valence-corrected chi connectivity index (χ2v) is 5.33. The average molecular weight is 263 g/mol. The van der Waals surface area contributed by atoms with Gasteiger partial charge in [-0.25, -0.2) is 0 Å². The second-order valence-electron chi connectivity index (χ2n) is 5.33. The third-order valence-corrected chi connectivity index (χ3v) is 3.92. The van der Waals surface area contributed by atoms with Crippen molar-refractivity contribution in [2.45, 2.75) is 58.5 Å². The van der Waals surface area contributed by atoms with E-state index in [4.69, 9.17) is 0 Å². The van der Waals surface area contributed by atoms with Crippen molar-refractivity contribution in [3.8, 4) is 0 Å². The zero-order chi connectivity index (χ0) is 13.8. The minimum atomic E-state index is -0.309. The van der Waals surface area contributed by atoms with Crippen LogP contribution in [0, 0.1) is 24.0 Å². The molecule has 1 heterocycles. The molecule has 104 valence electrons. The summed E-state index contributed by atoms with van der Waals surface area (Å²) in [4.78, 5) is 15.1. The van der Waals surface area contributed by atoms with Crippen LogP contribution in [0.3, 0.4) is 0 Å². The molecule has 1 aliphatic carbocycles. The van der Waals surface area contributed by atoms with E-state index < -0.39 is 0 Å². The quantitative estimate of drug-likeness (QED) is 0.669. The molecule has 0 saturated heterocycles. The van der Waals surface area contributed by atoms with Gasteiger partial charge in [0.2, 0.25) is 0 Å². The molecule has 0 bridgehead atoms. The molecule has 1 fully saturated rings. The molecule has 0 unspecified atom stereocenters. The van der Waals surface area contributed by atoms with E-state index in [0.29, 0.717) is 23.7 Å². The van der Waals surface area contributed by atoms with Crippen LogP contribution in [0.25, 0.3) is 0 Å². The van der Waals surface area contributed by atoms with Crippen molar-refractivity contribution in [2.75, 3.05) is 0 Å². The zero-order valence-electron chi connectivity index (χ0n) is 11.6. The van der Waals surface area contributed by atoms with Gasteiger partial charge in [-0.2, -0.15) is 0 Å². The molecule has 1 aromatic rings. The van der Waals surface area contributed by atoms with Gasteiger partial charge in [0.25, 0.3) is 5.69 Å². The summed E-state index contributed by atoms with van der Waals surface area (Å²) in [6.45, 7) is 4.14. The van der Waals surface area contributed by atoms with E-state index in [-0.39, 0.29) is 10.6 Å². The van der Waals surface area contributed by atoms with Gasteiger partial charge < -0.3 is 5.32 Å². The van der Waals surface area contributed by atoms with E-state index in [2.05, 4.69) is 10.3 Å². The first kappa shape index (κ1) is 13.9. The van der Waals surface area contributed by atoms with E-state index >= 15 is 0 Å². The fourth-order valence-corrected chi connectivity index (χ4v) is 2.77. The topological polar surface area (TPSA) is 68.1 Å². The maximum absolute atomic E-state index is 11.1. The number of nitrogens with zero attached hydrogens (tertiary/aromatic N) is 2. The molecule has 0 aliphatic heterocycles. The Morgan fingerprint density at radius 1 is 1.37 bits per heavy atom. The SMILES string of the molecule is Cc1cnc(CNC2CCCCC2)c(C)c1[N+](=O)[O-]. The van der Waals surface area contributed by atoms with Crippen molar-refractivity contribution in [3.05, 3.63) is 33.1 Å². The fraction of sp³-hybridized carbons (Fsp3) is 0.643. The Hall–Kier alpha value is -1.49. The van der Waals surface area contributed by atoms with Crippen LogP contribution in [0.1, 0.15) is 48.9 Å². The van der Waals surface area contributed by atoms with Crippen molar-refractivity contribution < 1.29 is 4.92 Å². The smallest absolute Gasteiger partial charge is 0.278 e. The summed E-state index contributed by atoms with van der Waals surface area (Å²) in [5, 5.41) is 14.5. The Morgan fingerprint density at radius 2 is 2.05 bits per heavy atom. The normalized spacial score (nSPS) is 16.5. The first-order chi connectivity index (χ1) is 9.09. The highest BCUT2D eigenvalue weighted by Crippen LogP contribution is 2.24. The number of nitro groups is 1. The van der Waals surface area contributed by atoms with Gasteiger partial charge in [-0.1, -0.05) is 19.3 Å². The summed E-state index contributed by atoms with van der Waals surface area (Å²) in [5.41, 5.74) is 2.32. The molecule has 5 heteroatoms. The van der Waals surface area contributed by atoms with Crippen LogP contribution in [0.5, 0.6) is 0 Å². The van der Waals surface area contributed by atoms with Crippen LogP contribution in [0.15, 0.2) is 6.20 Å². The van der Waals surface area contributed by atoms with Gasteiger partial charge >= 0.3 is 0 Å². The molecular formula is C14H21N3O2. The highest BCUT2D eigenvalue weighted by Gasteiger charge is 2.19. The fourth-order valence-electron chi connectivity index (χ4n) is 2.77. The molecule has 1 aliphatic rings. The molecule has 0 atom stereocenters. The molecule has 0 spiro atoms. The Bertz CT molecular complexity index is 468. The molecule has 2 rings (SSSR count). The van der Waals surface area contributed by atoms with Crippen molar-refractivity contribution in [3.63, 3.8) is 0 Å². The zero-order valence-corrected chi connectivity index (χ0v) is 11.6. The van der Waals surface area contributed by atoms with Crippen LogP contribution in [0.2, 0.25) is 0 Å². The molecule has 0 amide bonds. The summed E-state index contributed by atoms with van der Waals surface area (Å²) in [7, 11) is 0. The Labute approximate surface area is 113 Å². The monoisotopic (exact) mass is 263 g/mol. The molecule has 1 N–H and O–H groups in total. The highest BCUT2D eigenvalue weighted by molar-refractivity contribution is 5.47. The van der Waals surface area contributed by atoms with E-state index in [1.165, 1.54) is 32.1 Å². The molecule has 0 radical (unpaired) electrons.